The van der Waals surface area contributed by atoms with Gasteiger partial charge in [0.05, 0.1) is 26.8 Å². The van der Waals surface area contributed by atoms with E-state index in [1.807, 2.05) is 18.2 Å². The first-order valence-corrected chi connectivity index (χ1v) is 8.14. The van der Waals surface area contributed by atoms with Gasteiger partial charge in [0, 0.05) is 35.1 Å². The maximum Gasteiger partial charge on any atom is 0.203 e. The second kappa shape index (κ2) is 7.30. The van der Waals surface area contributed by atoms with Gasteiger partial charge in [-0.25, -0.2) is 0 Å². The van der Waals surface area contributed by atoms with Crippen LogP contribution in [0.2, 0.25) is 0 Å². The number of hydrogen-bond donors (Lipinski definition) is 1. The molecule has 0 saturated heterocycles. The van der Waals surface area contributed by atoms with Crippen LogP contribution in [0.4, 0.5) is 11.4 Å². The summed E-state index contributed by atoms with van der Waals surface area (Å²) in [6.07, 6.45) is 2.78. The summed E-state index contributed by atoms with van der Waals surface area (Å²) in [4.78, 5) is 4.44. The summed E-state index contributed by atoms with van der Waals surface area (Å²) in [5.74, 6) is 1.79. The number of hydrogen-bond acceptors (Lipinski definition) is 5. The van der Waals surface area contributed by atoms with Crippen molar-refractivity contribution in [2.75, 3.05) is 26.6 Å². The topological polar surface area (TPSA) is 52.6 Å². The normalized spacial score (nSPS) is 10.6. The van der Waals surface area contributed by atoms with E-state index in [4.69, 9.17) is 14.2 Å². The Bertz CT molecular complexity index is 868. The first kappa shape index (κ1) is 16.9. The smallest absolute Gasteiger partial charge is 0.203 e. The molecule has 0 radical (unpaired) electrons. The Balaban J connectivity index is 2.06. The number of pyridine rings is 1. The van der Waals surface area contributed by atoms with Gasteiger partial charge in [0.1, 0.15) is 0 Å². The van der Waals surface area contributed by atoms with Crippen LogP contribution in [0.3, 0.4) is 0 Å². The zero-order valence-electron chi connectivity index (χ0n) is 14.9. The number of nitrogens with one attached hydrogen (secondary N) is 1. The highest BCUT2D eigenvalue weighted by atomic mass is 16.5. The third-order valence-electron chi connectivity index (χ3n) is 4.16. The Hall–Kier alpha value is -2.95. The molecule has 0 bridgehead atoms. The number of rotatable bonds is 6. The lowest BCUT2D eigenvalue weighted by Crippen LogP contribution is -1.98. The van der Waals surface area contributed by atoms with Crippen molar-refractivity contribution in [3.8, 4) is 17.2 Å². The minimum Gasteiger partial charge on any atom is -0.493 e. The lowest BCUT2D eigenvalue weighted by Gasteiger charge is -2.16. The summed E-state index contributed by atoms with van der Waals surface area (Å²) in [5.41, 5.74) is 4.06. The van der Waals surface area contributed by atoms with E-state index in [9.17, 15) is 0 Å². The molecular weight excluding hydrogens is 316 g/mol. The number of anilines is 2. The Labute approximate surface area is 147 Å². The predicted molar refractivity (Wildman–Crippen MR) is 101 cm³/mol. The molecule has 5 nitrogen and oxygen atoms in total. The van der Waals surface area contributed by atoms with Gasteiger partial charge in [0.15, 0.2) is 11.5 Å². The van der Waals surface area contributed by atoms with Gasteiger partial charge >= 0.3 is 0 Å². The van der Waals surface area contributed by atoms with E-state index in [0.717, 1.165) is 28.7 Å². The average molecular weight is 338 g/mol. The fourth-order valence-electron chi connectivity index (χ4n) is 2.83. The minimum absolute atomic E-state index is 0.573. The fourth-order valence-corrected chi connectivity index (χ4v) is 2.83. The zero-order valence-corrected chi connectivity index (χ0v) is 14.9. The molecule has 0 aliphatic heterocycles. The number of nitrogens with zero attached hydrogens (tertiary/aromatic N) is 1. The van der Waals surface area contributed by atoms with E-state index in [1.165, 1.54) is 5.56 Å². The fraction of sp³-hybridized carbons (Fsp3) is 0.250. The van der Waals surface area contributed by atoms with Gasteiger partial charge in [0.25, 0.3) is 0 Å². The van der Waals surface area contributed by atoms with Crippen molar-refractivity contribution in [3.05, 3.63) is 48.2 Å². The first-order chi connectivity index (χ1) is 12.2. The second-order valence-electron chi connectivity index (χ2n) is 5.60. The summed E-state index contributed by atoms with van der Waals surface area (Å²) in [6, 6.07) is 12.1. The molecular formula is C20H22N2O3. The van der Waals surface area contributed by atoms with E-state index in [-0.39, 0.29) is 0 Å². The highest BCUT2D eigenvalue weighted by Gasteiger charge is 2.14. The molecule has 5 heteroatoms. The molecule has 1 heterocycles. The summed E-state index contributed by atoms with van der Waals surface area (Å²) in [7, 11) is 4.81. The molecule has 0 amide bonds. The Morgan fingerprint density at radius 1 is 0.920 bits per heavy atom. The van der Waals surface area contributed by atoms with Crippen molar-refractivity contribution >= 4 is 22.3 Å². The molecule has 0 aliphatic rings. The largest absolute Gasteiger partial charge is 0.493 e. The van der Waals surface area contributed by atoms with Crippen molar-refractivity contribution in [3.63, 3.8) is 0 Å². The van der Waals surface area contributed by atoms with Gasteiger partial charge in [-0.3, -0.25) is 4.98 Å². The molecule has 0 saturated carbocycles. The number of fused-ring (bicyclic) bond motifs is 1. The summed E-state index contributed by atoms with van der Waals surface area (Å²) >= 11 is 0. The van der Waals surface area contributed by atoms with Crippen molar-refractivity contribution in [1.82, 2.24) is 4.98 Å². The number of methoxy groups -OCH3 is 3. The highest BCUT2D eigenvalue weighted by molar-refractivity contribution is 5.93. The van der Waals surface area contributed by atoms with Crippen molar-refractivity contribution in [2.45, 2.75) is 13.3 Å². The summed E-state index contributed by atoms with van der Waals surface area (Å²) in [6.45, 7) is 2.14. The summed E-state index contributed by atoms with van der Waals surface area (Å²) in [5, 5.41) is 4.52. The second-order valence-corrected chi connectivity index (χ2v) is 5.60. The van der Waals surface area contributed by atoms with Crippen LogP contribution >= 0.6 is 0 Å². The van der Waals surface area contributed by atoms with Crippen LogP contribution in [0.5, 0.6) is 17.2 Å². The van der Waals surface area contributed by atoms with E-state index in [1.54, 1.807) is 27.5 Å². The number of aromatic nitrogens is 1. The molecule has 25 heavy (non-hydrogen) atoms. The lowest BCUT2D eigenvalue weighted by atomic mass is 10.1. The number of aryl methyl sites for hydroxylation is 1. The van der Waals surface area contributed by atoms with Gasteiger partial charge in [-0.05, 0) is 30.2 Å². The molecule has 1 N–H and O–H groups in total. The van der Waals surface area contributed by atoms with Crippen LogP contribution in [0.25, 0.3) is 10.9 Å². The third-order valence-corrected chi connectivity index (χ3v) is 4.16. The van der Waals surface area contributed by atoms with Gasteiger partial charge in [-0.2, -0.15) is 0 Å². The van der Waals surface area contributed by atoms with Crippen LogP contribution < -0.4 is 19.5 Å². The molecule has 0 spiro atoms. The summed E-state index contributed by atoms with van der Waals surface area (Å²) < 4.78 is 16.2. The number of benzene rings is 2. The van der Waals surface area contributed by atoms with Crippen LogP contribution in [-0.4, -0.2) is 26.3 Å². The third kappa shape index (κ3) is 3.31. The molecule has 0 fully saturated rings. The minimum atomic E-state index is 0.573. The molecule has 3 rings (SSSR count). The van der Waals surface area contributed by atoms with Crippen molar-refractivity contribution in [1.29, 1.82) is 0 Å². The maximum atomic E-state index is 5.42. The SMILES string of the molecule is CCc1ccc2nccc(Nc3cc(OC)c(OC)c(OC)c3)c2c1. The predicted octanol–water partition coefficient (Wildman–Crippen LogP) is 4.57. The quantitative estimate of drug-likeness (QED) is 0.714. The molecule has 2 aromatic carbocycles. The Morgan fingerprint density at radius 3 is 2.24 bits per heavy atom. The zero-order chi connectivity index (χ0) is 17.8. The number of ether oxygens (including phenoxy) is 3. The highest BCUT2D eigenvalue weighted by Crippen LogP contribution is 2.41. The molecule has 0 atom stereocenters. The van der Waals surface area contributed by atoms with Crippen LogP contribution in [0.1, 0.15) is 12.5 Å². The van der Waals surface area contributed by atoms with Crippen LogP contribution in [0.15, 0.2) is 42.6 Å². The van der Waals surface area contributed by atoms with E-state index >= 15 is 0 Å². The standard InChI is InChI=1S/C20H22N2O3/c1-5-13-6-7-16-15(10-13)17(8-9-21-16)22-14-11-18(23-2)20(25-4)19(12-14)24-3/h6-12H,5H2,1-4H3,(H,21,22). The molecule has 3 aromatic rings. The monoisotopic (exact) mass is 338 g/mol. The van der Waals surface area contributed by atoms with Gasteiger partial charge < -0.3 is 19.5 Å². The Morgan fingerprint density at radius 2 is 1.64 bits per heavy atom. The maximum absolute atomic E-state index is 5.42. The molecule has 0 aliphatic carbocycles. The van der Waals surface area contributed by atoms with Crippen molar-refractivity contribution in [2.24, 2.45) is 0 Å². The average Bonchev–Trinajstić information content (AvgIpc) is 2.67. The van der Waals surface area contributed by atoms with E-state index in [2.05, 4.69) is 35.4 Å². The van der Waals surface area contributed by atoms with E-state index < -0.39 is 0 Å². The lowest BCUT2D eigenvalue weighted by molar-refractivity contribution is 0.324. The van der Waals surface area contributed by atoms with Crippen molar-refractivity contribution < 1.29 is 14.2 Å². The van der Waals surface area contributed by atoms with Crippen LogP contribution in [-0.2, 0) is 6.42 Å². The van der Waals surface area contributed by atoms with Crippen LogP contribution in [0, 0.1) is 0 Å². The molecule has 0 unspecified atom stereocenters. The Kier molecular flexibility index (Phi) is 4.93. The molecule has 130 valence electrons. The first-order valence-electron chi connectivity index (χ1n) is 8.14. The molecule has 1 aromatic heterocycles. The van der Waals surface area contributed by atoms with Gasteiger partial charge in [-0.1, -0.05) is 13.0 Å². The van der Waals surface area contributed by atoms with E-state index in [0.29, 0.717) is 17.2 Å². The van der Waals surface area contributed by atoms with Gasteiger partial charge in [0.2, 0.25) is 5.75 Å². The van der Waals surface area contributed by atoms with Gasteiger partial charge in [-0.15, -0.1) is 0 Å².